The second kappa shape index (κ2) is 5.15. The third kappa shape index (κ3) is 5.56. The van der Waals surface area contributed by atoms with Gasteiger partial charge in [0.05, 0.1) is 5.75 Å². The molecule has 1 atom stereocenters. The van der Waals surface area contributed by atoms with E-state index >= 15 is 0 Å². The summed E-state index contributed by atoms with van der Waals surface area (Å²) in [4.78, 5) is 16.6. The third-order valence-electron chi connectivity index (χ3n) is 1.11. The fraction of sp³-hybridized carbons (Fsp3) is 0.833. The highest BCUT2D eigenvalue weighted by Gasteiger charge is 2.14. The van der Waals surface area contributed by atoms with Gasteiger partial charge in [0, 0.05) is 0 Å². The average Bonchev–Trinajstić information content (AvgIpc) is 2.00. The summed E-state index contributed by atoms with van der Waals surface area (Å²) in [5, 5.41) is 0. The van der Waals surface area contributed by atoms with Gasteiger partial charge in [-0.2, -0.15) is 0 Å². The highest BCUT2D eigenvalue weighted by atomic mass is 32.2. The number of carbonyl (C=O) groups excluding carboxylic acids is 1. The van der Waals surface area contributed by atoms with Gasteiger partial charge in [-0.25, -0.2) is 13.2 Å². The standard InChI is InChI=1S/C6H14N2O4S/c1-3-4-13(10,11)8-12-6(9)5(2)7/h5,8H,3-4,7H2,1-2H3. The highest BCUT2D eigenvalue weighted by molar-refractivity contribution is 7.89. The molecule has 0 rings (SSSR count). The van der Waals surface area contributed by atoms with Gasteiger partial charge in [0.1, 0.15) is 6.04 Å². The zero-order valence-corrected chi connectivity index (χ0v) is 8.43. The molecule has 7 heteroatoms. The van der Waals surface area contributed by atoms with Crippen LogP contribution in [0.4, 0.5) is 0 Å². The van der Waals surface area contributed by atoms with E-state index in [0.29, 0.717) is 6.42 Å². The highest BCUT2D eigenvalue weighted by Crippen LogP contribution is 1.89. The van der Waals surface area contributed by atoms with Gasteiger partial charge in [-0.05, 0) is 18.2 Å². The van der Waals surface area contributed by atoms with Crippen molar-refractivity contribution in [3.63, 3.8) is 0 Å². The molecule has 0 saturated carbocycles. The Hall–Kier alpha value is -0.660. The van der Waals surface area contributed by atoms with Crippen LogP contribution in [0.3, 0.4) is 0 Å². The number of hydrogen-bond donors (Lipinski definition) is 2. The van der Waals surface area contributed by atoms with Gasteiger partial charge in [0.15, 0.2) is 0 Å². The van der Waals surface area contributed by atoms with E-state index < -0.39 is 22.0 Å². The number of nitrogens with two attached hydrogens (primary N) is 1. The number of carbonyl (C=O) groups is 1. The number of nitrogens with one attached hydrogen (secondary N) is 1. The quantitative estimate of drug-likeness (QED) is 0.574. The molecule has 1 unspecified atom stereocenters. The van der Waals surface area contributed by atoms with Crippen LogP contribution in [0.1, 0.15) is 20.3 Å². The van der Waals surface area contributed by atoms with Gasteiger partial charge in [-0.15, -0.1) is 0 Å². The third-order valence-corrected chi connectivity index (χ3v) is 2.40. The van der Waals surface area contributed by atoms with Crippen molar-refractivity contribution in [1.82, 2.24) is 4.89 Å². The Kier molecular flexibility index (Phi) is 4.89. The van der Waals surface area contributed by atoms with E-state index in [9.17, 15) is 13.2 Å². The first-order valence-electron chi connectivity index (χ1n) is 3.84. The minimum Gasteiger partial charge on any atom is -0.354 e. The first-order valence-corrected chi connectivity index (χ1v) is 5.50. The van der Waals surface area contributed by atoms with Crippen molar-refractivity contribution < 1.29 is 18.0 Å². The number of rotatable bonds is 5. The smallest absolute Gasteiger partial charge is 0.342 e. The maximum atomic E-state index is 10.9. The summed E-state index contributed by atoms with van der Waals surface area (Å²) >= 11 is 0. The summed E-state index contributed by atoms with van der Waals surface area (Å²) < 4.78 is 21.9. The van der Waals surface area contributed by atoms with Crippen molar-refractivity contribution in [2.45, 2.75) is 26.3 Å². The molecular formula is C6H14N2O4S. The van der Waals surface area contributed by atoms with Crippen molar-refractivity contribution in [3.8, 4) is 0 Å². The van der Waals surface area contributed by atoms with Crippen LogP contribution < -0.4 is 10.6 Å². The molecule has 0 aliphatic carbocycles. The van der Waals surface area contributed by atoms with Crippen LogP contribution in [0.2, 0.25) is 0 Å². The molecule has 6 nitrogen and oxygen atoms in total. The maximum Gasteiger partial charge on any atom is 0.342 e. The van der Waals surface area contributed by atoms with Crippen molar-refractivity contribution in [1.29, 1.82) is 0 Å². The molecule has 0 saturated heterocycles. The number of sulfonamides is 1. The summed E-state index contributed by atoms with van der Waals surface area (Å²) in [7, 11) is -3.51. The Labute approximate surface area is 77.4 Å². The van der Waals surface area contributed by atoms with Crippen molar-refractivity contribution in [3.05, 3.63) is 0 Å². The minimum absolute atomic E-state index is 0.0841. The van der Waals surface area contributed by atoms with Crippen molar-refractivity contribution in [2.75, 3.05) is 5.75 Å². The Balaban J connectivity index is 3.96. The van der Waals surface area contributed by atoms with Crippen LogP contribution in [-0.2, 0) is 19.7 Å². The molecule has 0 fully saturated rings. The Morgan fingerprint density at radius 1 is 1.62 bits per heavy atom. The zero-order valence-electron chi connectivity index (χ0n) is 7.61. The molecule has 0 heterocycles. The summed E-state index contributed by atoms with van der Waals surface area (Å²) in [5.74, 6) is -0.890. The molecule has 0 aromatic heterocycles. The summed E-state index contributed by atoms with van der Waals surface area (Å²) in [6.07, 6.45) is 0.449. The molecule has 3 N–H and O–H groups in total. The van der Waals surface area contributed by atoms with Gasteiger partial charge in [-0.1, -0.05) is 6.92 Å². The Morgan fingerprint density at radius 3 is 2.54 bits per heavy atom. The van der Waals surface area contributed by atoms with Crippen molar-refractivity contribution in [2.24, 2.45) is 5.73 Å². The van der Waals surface area contributed by atoms with Gasteiger partial charge >= 0.3 is 5.97 Å². The summed E-state index contributed by atoms with van der Waals surface area (Å²) in [6, 6.07) is -0.843. The molecule has 0 aromatic rings. The van der Waals surface area contributed by atoms with E-state index in [2.05, 4.69) is 4.84 Å². The lowest BCUT2D eigenvalue weighted by atomic mass is 10.4. The molecule has 0 bridgehead atoms. The molecule has 0 aliphatic heterocycles. The second-order valence-electron chi connectivity index (χ2n) is 2.61. The van der Waals surface area contributed by atoms with Crippen LogP contribution in [-0.4, -0.2) is 26.2 Å². The minimum atomic E-state index is -3.51. The van der Waals surface area contributed by atoms with Gasteiger partial charge in [0.25, 0.3) is 0 Å². The first kappa shape index (κ1) is 12.3. The predicted octanol–water partition coefficient (Wildman–Crippen LogP) is -0.879. The molecule has 0 aliphatic rings. The van der Waals surface area contributed by atoms with Crippen LogP contribution >= 0.6 is 0 Å². The lowest BCUT2D eigenvalue weighted by Gasteiger charge is -2.07. The molecule has 78 valence electrons. The molecule has 0 spiro atoms. The number of hydrogen-bond acceptors (Lipinski definition) is 5. The van der Waals surface area contributed by atoms with Gasteiger partial charge < -0.3 is 10.6 Å². The van der Waals surface area contributed by atoms with E-state index in [4.69, 9.17) is 5.73 Å². The van der Waals surface area contributed by atoms with E-state index in [1.165, 1.54) is 6.92 Å². The van der Waals surface area contributed by atoms with Crippen LogP contribution in [0.25, 0.3) is 0 Å². The largest absolute Gasteiger partial charge is 0.354 e. The van der Waals surface area contributed by atoms with E-state index in [0.717, 1.165) is 0 Å². The Morgan fingerprint density at radius 2 is 2.15 bits per heavy atom. The van der Waals surface area contributed by atoms with Crippen LogP contribution in [0.5, 0.6) is 0 Å². The molecule has 0 aromatic carbocycles. The fourth-order valence-corrected chi connectivity index (χ4v) is 1.34. The normalized spacial score (nSPS) is 13.8. The second-order valence-corrected chi connectivity index (χ2v) is 4.42. The maximum absolute atomic E-state index is 10.9. The monoisotopic (exact) mass is 210 g/mol. The Bertz CT molecular complexity index is 260. The van der Waals surface area contributed by atoms with E-state index in [1.54, 1.807) is 11.8 Å². The van der Waals surface area contributed by atoms with Crippen LogP contribution in [0.15, 0.2) is 0 Å². The summed E-state index contributed by atoms with van der Waals surface area (Å²) in [6.45, 7) is 3.10. The average molecular weight is 210 g/mol. The van der Waals surface area contributed by atoms with E-state index in [1.807, 2.05) is 0 Å². The summed E-state index contributed by atoms with van der Waals surface area (Å²) in [5.41, 5.74) is 5.13. The fourth-order valence-electron chi connectivity index (χ4n) is 0.508. The lowest BCUT2D eigenvalue weighted by Crippen LogP contribution is -2.36. The molecule has 0 amide bonds. The molecular weight excluding hydrogens is 196 g/mol. The zero-order chi connectivity index (χ0) is 10.5. The molecule has 13 heavy (non-hydrogen) atoms. The topological polar surface area (TPSA) is 98.5 Å². The van der Waals surface area contributed by atoms with Crippen molar-refractivity contribution >= 4 is 16.0 Å². The predicted molar refractivity (Wildman–Crippen MR) is 47.0 cm³/mol. The first-order chi connectivity index (χ1) is 5.89. The van der Waals surface area contributed by atoms with Gasteiger partial charge in [-0.3, -0.25) is 0 Å². The molecule has 0 radical (unpaired) electrons. The van der Waals surface area contributed by atoms with E-state index in [-0.39, 0.29) is 5.75 Å². The van der Waals surface area contributed by atoms with Gasteiger partial charge in [0.2, 0.25) is 10.0 Å². The van der Waals surface area contributed by atoms with Crippen LogP contribution in [0, 0.1) is 0 Å². The SMILES string of the molecule is CCCS(=O)(=O)NOC(=O)C(C)N. The lowest BCUT2D eigenvalue weighted by molar-refractivity contribution is -0.148.